The summed E-state index contributed by atoms with van der Waals surface area (Å²) in [6.07, 6.45) is 6.05. The summed E-state index contributed by atoms with van der Waals surface area (Å²) in [5.41, 5.74) is 2.91. The first-order valence-electron chi connectivity index (χ1n) is 10.7. The van der Waals surface area contributed by atoms with Gasteiger partial charge in [-0.25, -0.2) is 0 Å². The highest BCUT2D eigenvalue weighted by Crippen LogP contribution is 2.30. The number of rotatable bonds is 9. The van der Waals surface area contributed by atoms with Gasteiger partial charge in [-0.05, 0) is 48.9 Å². The van der Waals surface area contributed by atoms with Gasteiger partial charge in [-0.2, -0.15) is 0 Å². The lowest BCUT2D eigenvalue weighted by molar-refractivity contribution is 0.102. The number of nitrogens with one attached hydrogen (secondary N) is 1. The largest absolute Gasteiger partial charge is 0.494 e. The van der Waals surface area contributed by atoms with E-state index in [-0.39, 0.29) is 5.91 Å². The summed E-state index contributed by atoms with van der Waals surface area (Å²) >= 11 is 0. The van der Waals surface area contributed by atoms with E-state index in [0.717, 1.165) is 34.1 Å². The van der Waals surface area contributed by atoms with Crippen LogP contribution in [-0.2, 0) is 0 Å². The minimum absolute atomic E-state index is 0.156. The van der Waals surface area contributed by atoms with E-state index in [1.54, 1.807) is 12.1 Å². The Kier molecular flexibility index (Phi) is 6.33. The fourth-order valence-corrected chi connectivity index (χ4v) is 3.61. The van der Waals surface area contributed by atoms with Crippen molar-refractivity contribution in [2.75, 3.05) is 11.9 Å². The first kappa shape index (κ1) is 20.0. The van der Waals surface area contributed by atoms with Crippen molar-refractivity contribution in [2.45, 2.75) is 39.0 Å². The van der Waals surface area contributed by atoms with Gasteiger partial charge in [0.15, 0.2) is 0 Å². The van der Waals surface area contributed by atoms with Gasteiger partial charge in [0.1, 0.15) is 16.9 Å². The number of furan rings is 1. The van der Waals surface area contributed by atoms with E-state index in [0.29, 0.717) is 17.9 Å². The molecule has 1 N–H and O–H groups in total. The van der Waals surface area contributed by atoms with Crippen LogP contribution < -0.4 is 10.1 Å². The molecule has 0 radical (unpaired) electrons. The molecule has 0 aliphatic heterocycles. The van der Waals surface area contributed by atoms with Crippen LogP contribution in [-0.4, -0.2) is 12.5 Å². The zero-order valence-electron chi connectivity index (χ0n) is 17.3. The number of amides is 1. The first-order valence-corrected chi connectivity index (χ1v) is 10.7. The van der Waals surface area contributed by atoms with Gasteiger partial charge >= 0.3 is 0 Å². The molecule has 3 aromatic carbocycles. The minimum atomic E-state index is -0.156. The van der Waals surface area contributed by atoms with Crippen molar-refractivity contribution in [1.29, 1.82) is 0 Å². The van der Waals surface area contributed by atoms with E-state index in [4.69, 9.17) is 9.15 Å². The molecule has 0 saturated heterocycles. The summed E-state index contributed by atoms with van der Waals surface area (Å²) in [5.74, 6) is 0.641. The third kappa shape index (κ3) is 4.65. The second-order valence-corrected chi connectivity index (χ2v) is 7.55. The molecule has 0 aliphatic rings. The molecule has 1 amide bonds. The number of fused-ring (bicyclic) bond motifs is 3. The molecule has 0 aliphatic carbocycles. The van der Waals surface area contributed by atoms with Crippen molar-refractivity contribution in [3.05, 3.63) is 72.3 Å². The molecule has 1 heterocycles. The number of unbranched alkanes of at least 4 members (excludes halogenated alkanes) is 4. The lowest BCUT2D eigenvalue weighted by Gasteiger charge is -2.08. The van der Waals surface area contributed by atoms with Crippen molar-refractivity contribution < 1.29 is 13.9 Å². The summed E-state index contributed by atoms with van der Waals surface area (Å²) in [4.78, 5) is 12.6. The number of anilines is 1. The van der Waals surface area contributed by atoms with E-state index in [2.05, 4.69) is 12.2 Å². The highest BCUT2D eigenvalue weighted by Gasteiger charge is 2.10. The van der Waals surface area contributed by atoms with Gasteiger partial charge in [0.2, 0.25) is 0 Å². The van der Waals surface area contributed by atoms with Gasteiger partial charge in [0, 0.05) is 28.1 Å². The van der Waals surface area contributed by atoms with Crippen LogP contribution >= 0.6 is 0 Å². The third-order valence-corrected chi connectivity index (χ3v) is 5.27. The van der Waals surface area contributed by atoms with Gasteiger partial charge < -0.3 is 14.5 Å². The van der Waals surface area contributed by atoms with Crippen LogP contribution in [0.2, 0.25) is 0 Å². The van der Waals surface area contributed by atoms with Crippen LogP contribution in [0.5, 0.6) is 5.75 Å². The zero-order valence-corrected chi connectivity index (χ0v) is 17.3. The first-order chi connectivity index (χ1) is 14.7. The van der Waals surface area contributed by atoms with Gasteiger partial charge in [0.25, 0.3) is 5.91 Å². The average molecular weight is 402 g/mol. The molecule has 30 heavy (non-hydrogen) atoms. The molecule has 4 rings (SSSR count). The Labute approximate surface area is 176 Å². The molecule has 0 bridgehead atoms. The predicted octanol–water partition coefficient (Wildman–Crippen LogP) is 7.19. The van der Waals surface area contributed by atoms with Crippen molar-refractivity contribution in [3.63, 3.8) is 0 Å². The zero-order chi connectivity index (χ0) is 20.8. The number of para-hydroxylation sites is 1. The SMILES string of the molecule is CCCCCCCOc1ccc(C(=O)Nc2ccc3c(c2)oc2ccccc23)cc1. The Morgan fingerprint density at radius 1 is 0.867 bits per heavy atom. The minimum Gasteiger partial charge on any atom is -0.494 e. The Balaban J connectivity index is 1.36. The van der Waals surface area contributed by atoms with Crippen LogP contribution in [0.25, 0.3) is 21.9 Å². The van der Waals surface area contributed by atoms with E-state index in [1.807, 2.05) is 54.6 Å². The van der Waals surface area contributed by atoms with Gasteiger partial charge in [-0.3, -0.25) is 4.79 Å². The molecule has 4 aromatic rings. The fourth-order valence-electron chi connectivity index (χ4n) is 3.61. The van der Waals surface area contributed by atoms with E-state index < -0.39 is 0 Å². The van der Waals surface area contributed by atoms with E-state index >= 15 is 0 Å². The van der Waals surface area contributed by atoms with Gasteiger partial charge in [-0.1, -0.05) is 50.8 Å². The molecule has 154 valence electrons. The smallest absolute Gasteiger partial charge is 0.255 e. The second kappa shape index (κ2) is 9.49. The molecule has 0 atom stereocenters. The fraction of sp³-hybridized carbons (Fsp3) is 0.269. The quantitative estimate of drug-likeness (QED) is 0.302. The van der Waals surface area contributed by atoms with Crippen LogP contribution in [0.4, 0.5) is 5.69 Å². The van der Waals surface area contributed by atoms with E-state index in [1.165, 1.54) is 25.7 Å². The van der Waals surface area contributed by atoms with Crippen LogP contribution in [0.1, 0.15) is 49.4 Å². The predicted molar refractivity (Wildman–Crippen MR) is 122 cm³/mol. The van der Waals surface area contributed by atoms with Crippen molar-refractivity contribution >= 4 is 33.5 Å². The van der Waals surface area contributed by atoms with Crippen LogP contribution in [0.15, 0.2) is 71.1 Å². The highest BCUT2D eigenvalue weighted by molar-refractivity contribution is 6.08. The number of hydrogen-bond acceptors (Lipinski definition) is 3. The Morgan fingerprint density at radius 3 is 2.47 bits per heavy atom. The lowest BCUT2D eigenvalue weighted by Crippen LogP contribution is -2.11. The molecule has 0 fully saturated rings. The number of carbonyl (C=O) groups excluding carboxylic acids is 1. The molecule has 0 saturated carbocycles. The monoisotopic (exact) mass is 401 g/mol. The third-order valence-electron chi connectivity index (χ3n) is 5.27. The molecule has 0 unspecified atom stereocenters. The summed E-state index contributed by atoms with van der Waals surface area (Å²) in [6, 6.07) is 21.0. The molecule has 0 spiro atoms. The Morgan fingerprint density at radius 2 is 1.63 bits per heavy atom. The van der Waals surface area contributed by atoms with Crippen molar-refractivity contribution in [2.24, 2.45) is 0 Å². The topological polar surface area (TPSA) is 51.5 Å². The summed E-state index contributed by atoms with van der Waals surface area (Å²) in [5, 5.41) is 5.06. The molecule has 1 aromatic heterocycles. The maximum absolute atomic E-state index is 12.6. The number of benzene rings is 3. The van der Waals surface area contributed by atoms with Crippen molar-refractivity contribution in [3.8, 4) is 5.75 Å². The van der Waals surface area contributed by atoms with E-state index in [9.17, 15) is 4.79 Å². The molecule has 4 heteroatoms. The molecular formula is C26H27NO3. The summed E-state index contributed by atoms with van der Waals surface area (Å²) in [7, 11) is 0. The number of hydrogen-bond donors (Lipinski definition) is 1. The van der Waals surface area contributed by atoms with Gasteiger partial charge in [-0.15, -0.1) is 0 Å². The molecular weight excluding hydrogens is 374 g/mol. The van der Waals surface area contributed by atoms with Gasteiger partial charge in [0.05, 0.1) is 6.61 Å². The van der Waals surface area contributed by atoms with Crippen LogP contribution in [0.3, 0.4) is 0 Å². The summed E-state index contributed by atoms with van der Waals surface area (Å²) < 4.78 is 11.7. The maximum atomic E-state index is 12.6. The van der Waals surface area contributed by atoms with Crippen molar-refractivity contribution in [1.82, 2.24) is 0 Å². The average Bonchev–Trinajstić information content (AvgIpc) is 3.14. The lowest BCUT2D eigenvalue weighted by atomic mass is 10.1. The molecule has 4 nitrogen and oxygen atoms in total. The maximum Gasteiger partial charge on any atom is 0.255 e. The Bertz CT molecular complexity index is 1130. The van der Waals surface area contributed by atoms with Crippen LogP contribution in [0, 0.1) is 0 Å². The normalized spacial score (nSPS) is 11.1. The number of ether oxygens (including phenoxy) is 1. The standard InChI is InChI=1S/C26H27NO3/c1-2-3-4-5-8-17-29-21-14-11-19(12-15-21)26(28)27-20-13-16-23-22-9-6-7-10-24(22)30-25(23)18-20/h6-7,9-16,18H,2-5,8,17H2,1H3,(H,27,28). The summed E-state index contributed by atoms with van der Waals surface area (Å²) in [6.45, 7) is 2.93. The highest BCUT2D eigenvalue weighted by atomic mass is 16.5. The second-order valence-electron chi connectivity index (χ2n) is 7.55. The Hall–Kier alpha value is -3.27. The number of carbonyl (C=O) groups is 1.